The Bertz CT molecular complexity index is 954. The summed E-state index contributed by atoms with van der Waals surface area (Å²) in [4.78, 5) is 42.1. The fraction of sp³-hybridized carbons (Fsp3) is 0.263. The van der Waals surface area contributed by atoms with E-state index in [1.165, 1.54) is 4.90 Å². The van der Waals surface area contributed by atoms with Gasteiger partial charge in [0.05, 0.1) is 5.69 Å². The van der Waals surface area contributed by atoms with E-state index in [-0.39, 0.29) is 18.2 Å². The van der Waals surface area contributed by atoms with Crippen LogP contribution < -0.4 is 11.1 Å². The summed E-state index contributed by atoms with van der Waals surface area (Å²) in [7, 11) is 0. The van der Waals surface area contributed by atoms with Crippen LogP contribution >= 0.6 is 0 Å². The first-order chi connectivity index (χ1) is 12.4. The molecule has 0 radical (unpaired) electrons. The van der Waals surface area contributed by atoms with Crippen LogP contribution in [0.1, 0.15) is 34.3 Å². The SMILES string of the molecule is Cc1ccc(N)nc1-c1ccc2c(c1)CN(C1CCC(=O)NC1=O)C2=O. The van der Waals surface area contributed by atoms with Gasteiger partial charge < -0.3 is 10.6 Å². The van der Waals surface area contributed by atoms with Crippen molar-refractivity contribution in [2.75, 3.05) is 5.73 Å². The minimum Gasteiger partial charge on any atom is -0.384 e. The largest absolute Gasteiger partial charge is 0.384 e. The minimum absolute atomic E-state index is 0.182. The van der Waals surface area contributed by atoms with E-state index in [2.05, 4.69) is 10.3 Å². The lowest BCUT2D eigenvalue weighted by Gasteiger charge is -2.29. The Morgan fingerprint density at radius 3 is 2.77 bits per heavy atom. The molecule has 26 heavy (non-hydrogen) atoms. The molecule has 7 nitrogen and oxygen atoms in total. The molecule has 1 aromatic carbocycles. The number of pyridine rings is 1. The molecule has 3 heterocycles. The fourth-order valence-corrected chi connectivity index (χ4v) is 3.56. The number of nitrogen functional groups attached to an aromatic ring is 1. The average Bonchev–Trinajstić information content (AvgIpc) is 2.93. The number of carbonyl (C=O) groups excluding carboxylic acids is 3. The highest BCUT2D eigenvalue weighted by Gasteiger charge is 2.39. The number of imide groups is 1. The summed E-state index contributed by atoms with van der Waals surface area (Å²) in [5, 5.41) is 2.31. The van der Waals surface area contributed by atoms with Crippen molar-refractivity contribution >= 4 is 23.5 Å². The van der Waals surface area contributed by atoms with Gasteiger partial charge in [0.25, 0.3) is 5.91 Å². The number of anilines is 1. The van der Waals surface area contributed by atoms with Crippen molar-refractivity contribution in [1.29, 1.82) is 0 Å². The number of rotatable bonds is 2. The second kappa shape index (κ2) is 5.94. The lowest BCUT2D eigenvalue weighted by atomic mass is 10.0. The van der Waals surface area contributed by atoms with E-state index in [0.29, 0.717) is 24.3 Å². The maximum absolute atomic E-state index is 12.7. The van der Waals surface area contributed by atoms with Gasteiger partial charge >= 0.3 is 0 Å². The molecule has 2 aromatic rings. The van der Waals surface area contributed by atoms with Crippen LogP contribution in [0.15, 0.2) is 30.3 Å². The van der Waals surface area contributed by atoms with Crippen LogP contribution in [0.25, 0.3) is 11.3 Å². The normalized spacial score (nSPS) is 19.5. The van der Waals surface area contributed by atoms with E-state index in [1.807, 2.05) is 25.1 Å². The van der Waals surface area contributed by atoms with Crippen molar-refractivity contribution in [3.05, 3.63) is 47.0 Å². The molecule has 2 aliphatic rings. The Hall–Kier alpha value is -3.22. The Labute approximate surface area is 150 Å². The van der Waals surface area contributed by atoms with Crippen molar-refractivity contribution in [2.24, 2.45) is 0 Å². The van der Waals surface area contributed by atoms with E-state index < -0.39 is 11.9 Å². The number of nitrogens with one attached hydrogen (secondary N) is 1. The second-order valence-corrected chi connectivity index (χ2v) is 6.67. The highest BCUT2D eigenvalue weighted by atomic mass is 16.2. The summed E-state index contributed by atoms with van der Waals surface area (Å²) in [6, 6.07) is 8.59. The molecule has 0 saturated carbocycles. The zero-order valence-electron chi connectivity index (χ0n) is 14.3. The van der Waals surface area contributed by atoms with Crippen LogP contribution in [0.4, 0.5) is 5.82 Å². The number of amides is 3. The number of nitrogens with two attached hydrogens (primary N) is 1. The number of fused-ring (bicyclic) bond motifs is 1. The molecule has 3 amide bonds. The predicted molar refractivity (Wildman–Crippen MR) is 94.9 cm³/mol. The Morgan fingerprint density at radius 2 is 2.00 bits per heavy atom. The number of nitrogens with zero attached hydrogens (tertiary/aromatic N) is 2. The summed E-state index contributed by atoms with van der Waals surface area (Å²) in [6.45, 7) is 2.30. The van der Waals surface area contributed by atoms with Gasteiger partial charge in [0.15, 0.2) is 0 Å². The topological polar surface area (TPSA) is 105 Å². The summed E-state index contributed by atoms with van der Waals surface area (Å²) >= 11 is 0. The third-order valence-corrected chi connectivity index (χ3v) is 4.92. The van der Waals surface area contributed by atoms with Crippen LogP contribution in [-0.4, -0.2) is 33.6 Å². The molecular weight excluding hydrogens is 332 g/mol. The van der Waals surface area contributed by atoms with Crippen LogP contribution in [0.3, 0.4) is 0 Å². The maximum Gasteiger partial charge on any atom is 0.255 e. The third kappa shape index (κ3) is 2.61. The average molecular weight is 350 g/mol. The lowest BCUT2D eigenvalue weighted by molar-refractivity contribution is -0.136. The first-order valence-corrected chi connectivity index (χ1v) is 8.45. The molecular formula is C19H18N4O3. The summed E-state index contributed by atoms with van der Waals surface area (Å²) < 4.78 is 0. The molecule has 7 heteroatoms. The standard InChI is InChI=1S/C19H18N4O3/c1-10-2-6-15(20)21-17(10)11-3-4-13-12(8-11)9-23(19(13)26)14-5-7-16(24)22-18(14)25/h2-4,6,8,14H,5,7,9H2,1H3,(H2,20,21)(H,22,24,25). The van der Waals surface area contributed by atoms with Gasteiger partial charge in [0, 0.05) is 24.1 Å². The quantitative estimate of drug-likeness (QED) is 0.797. The van der Waals surface area contributed by atoms with Gasteiger partial charge in [0.1, 0.15) is 11.9 Å². The molecule has 4 rings (SSSR count). The number of aromatic nitrogens is 1. The first kappa shape index (κ1) is 16.3. The van der Waals surface area contributed by atoms with Gasteiger partial charge in [-0.2, -0.15) is 0 Å². The monoisotopic (exact) mass is 350 g/mol. The van der Waals surface area contributed by atoms with Crippen molar-refractivity contribution in [2.45, 2.75) is 32.4 Å². The smallest absolute Gasteiger partial charge is 0.255 e. The van der Waals surface area contributed by atoms with E-state index in [4.69, 9.17) is 5.73 Å². The molecule has 1 unspecified atom stereocenters. The van der Waals surface area contributed by atoms with E-state index in [1.54, 1.807) is 12.1 Å². The Balaban J connectivity index is 1.66. The van der Waals surface area contributed by atoms with Gasteiger partial charge in [-0.1, -0.05) is 12.1 Å². The molecule has 1 aromatic heterocycles. The predicted octanol–water partition coefficient (Wildman–Crippen LogP) is 1.40. The molecule has 3 N–H and O–H groups in total. The molecule has 0 bridgehead atoms. The minimum atomic E-state index is -0.608. The maximum atomic E-state index is 12.7. The molecule has 1 atom stereocenters. The van der Waals surface area contributed by atoms with Crippen molar-refractivity contribution < 1.29 is 14.4 Å². The van der Waals surface area contributed by atoms with Gasteiger partial charge in [-0.05, 0) is 42.7 Å². The summed E-state index contributed by atoms with van der Waals surface area (Å²) in [6.07, 6.45) is 0.599. The molecule has 0 spiro atoms. The zero-order valence-corrected chi connectivity index (χ0v) is 14.3. The fourth-order valence-electron chi connectivity index (χ4n) is 3.56. The van der Waals surface area contributed by atoms with E-state index in [9.17, 15) is 14.4 Å². The van der Waals surface area contributed by atoms with Crippen LogP contribution in [0, 0.1) is 6.92 Å². The molecule has 132 valence electrons. The van der Waals surface area contributed by atoms with Crippen LogP contribution in [-0.2, 0) is 16.1 Å². The highest BCUT2D eigenvalue weighted by Crippen LogP contribution is 2.31. The Morgan fingerprint density at radius 1 is 1.19 bits per heavy atom. The van der Waals surface area contributed by atoms with Gasteiger partial charge in [-0.25, -0.2) is 4.98 Å². The lowest BCUT2D eigenvalue weighted by Crippen LogP contribution is -2.52. The number of carbonyl (C=O) groups is 3. The molecule has 1 saturated heterocycles. The van der Waals surface area contributed by atoms with Gasteiger partial charge in [-0.15, -0.1) is 0 Å². The number of hydrogen-bond donors (Lipinski definition) is 2. The number of hydrogen-bond acceptors (Lipinski definition) is 5. The van der Waals surface area contributed by atoms with Gasteiger partial charge in [0.2, 0.25) is 11.8 Å². The van der Waals surface area contributed by atoms with Crippen molar-refractivity contribution in [1.82, 2.24) is 15.2 Å². The van der Waals surface area contributed by atoms with Gasteiger partial charge in [-0.3, -0.25) is 19.7 Å². The third-order valence-electron chi connectivity index (χ3n) is 4.92. The number of piperidine rings is 1. The van der Waals surface area contributed by atoms with E-state index >= 15 is 0 Å². The zero-order chi connectivity index (χ0) is 18.4. The van der Waals surface area contributed by atoms with Crippen molar-refractivity contribution in [3.8, 4) is 11.3 Å². The molecule has 0 aliphatic carbocycles. The van der Waals surface area contributed by atoms with Crippen LogP contribution in [0.5, 0.6) is 0 Å². The summed E-state index contributed by atoms with van der Waals surface area (Å²) in [5.41, 5.74) is 9.88. The number of benzene rings is 1. The highest BCUT2D eigenvalue weighted by molar-refractivity contribution is 6.05. The van der Waals surface area contributed by atoms with E-state index in [0.717, 1.165) is 22.4 Å². The van der Waals surface area contributed by atoms with Crippen LogP contribution in [0.2, 0.25) is 0 Å². The summed E-state index contributed by atoms with van der Waals surface area (Å²) in [5.74, 6) is -0.442. The first-order valence-electron chi connectivity index (χ1n) is 8.45. The second-order valence-electron chi connectivity index (χ2n) is 6.67. The molecule has 2 aliphatic heterocycles. The van der Waals surface area contributed by atoms with Crippen molar-refractivity contribution in [3.63, 3.8) is 0 Å². The Kier molecular flexibility index (Phi) is 3.72. The number of aryl methyl sites for hydroxylation is 1. The molecule has 1 fully saturated rings.